The minimum absolute atomic E-state index is 0.0776. The average Bonchev–Trinajstić information content (AvgIpc) is 2.26. The topological polar surface area (TPSA) is 52.3 Å². The fourth-order valence-corrected chi connectivity index (χ4v) is 1.70. The molecule has 0 aromatic heterocycles. The van der Waals surface area contributed by atoms with Crippen LogP contribution in [0.25, 0.3) is 0 Å². The molecule has 0 fully saturated rings. The van der Waals surface area contributed by atoms with Crippen molar-refractivity contribution in [3.05, 3.63) is 34.9 Å². The van der Waals surface area contributed by atoms with Crippen molar-refractivity contribution >= 4 is 17.6 Å². The van der Waals surface area contributed by atoms with Gasteiger partial charge in [0.05, 0.1) is 13.5 Å². The second kappa shape index (κ2) is 5.73. The summed E-state index contributed by atoms with van der Waals surface area (Å²) < 4.78 is 4.61. The van der Waals surface area contributed by atoms with Crippen LogP contribution in [0, 0.1) is 0 Å². The number of hydrogen-bond donors (Lipinski definition) is 1. The molecule has 0 aliphatic carbocycles. The molecule has 1 aromatic carbocycles. The highest BCUT2D eigenvalue weighted by molar-refractivity contribution is 6.31. The molecular weight excluding hydrogens is 214 g/mol. The summed E-state index contributed by atoms with van der Waals surface area (Å²) in [5, 5.41) is 0.636. The van der Waals surface area contributed by atoms with E-state index in [2.05, 4.69) is 4.74 Å². The third-order valence-corrected chi connectivity index (χ3v) is 2.61. The first-order valence-corrected chi connectivity index (χ1v) is 5.08. The highest BCUT2D eigenvalue weighted by atomic mass is 35.5. The van der Waals surface area contributed by atoms with E-state index in [4.69, 9.17) is 17.3 Å². The molecule has 0 bridgehead atoms. The quantitative estimate of drug-likeness (QED) is 0.800. The summed E-state index contributed by atoms with van der Waals surface area (Å²) in [6.45, 7) is 0.374. The molecule has 1 atom stereocenters. The number of hydrogen-bond acceptors (Lipinski definition) is 3. The van der Waals surface area contributed by atoms with Crippen LogP contribution in [0.5, 0.6) is 0 Å². The van der Waals surface area contributed by atoms with Crippen LogP contribution in [0.4, 0.5) is 0 Å². The zero-order valence-corrected chi connectivity index (χ0v) is 9.33. The number of benzene rings is 1. The lowest BCUT2D eigenvalue weighted by atomic mass is 9.96. The Morgan fingerprint density at radius 2 is 2.20 bits per heavy atom. The van der Waals surface area contributed by atoms with E-state index in [1.165, 1.54) is 7.11 Å². The summed E-state index contributed by atoms with van der Waals surface area (Å²) >= 11 is 6.02. The summed E-state index contributed by atoms with van der Waals surface area (Å²) in [6.07, 6.45) is 0.261. The smallest absolute Gasteiger partial charge is 0.306 e. The normalized spacial score (nSPS) is 12.2. The van der Waals surface area contributed by atoms with Crippen LogP contribution >= 0.6 is 11.6 Å². The first-order valence-electron chi connectivity index (χ1n) is 4.70. The molecule has 15 heavy (non-hydrogen) atoms. The van der Waals surface area contributed by atoms with E-state index in [1.807, 2.05) is 18.2 Å². The van der Waals surface area contributed by atoms with Gasteiger partial charge in [-0.3, -0.25) is 4.79 Å². The molecule has 0 saturated carbocycles. The minimum atomic E-state index is -0.273. The molecule has 2 N–H and O–H groups in total. The molecule has 1 aromatic rings. The molecule has 4 heteroatoms. The lowest BCUT2D eigenvalue weighted by molar-refractivity contribution is -0.141. The van der Waals surface area contributed by atoms with Crippen molar-refractivity contribution in [1.29, 1.82) is 0 Å². The fraction of sp³-hybridized carbons (Fsp3) is 0.364. The van der Waals surface area contributed by atoms with Gasteiger partial charge in [-0.15, -0.1) is 0 Å². The number of ether oxygens (including phenoxy) is 1. The van der Waals surface area contributed by atoms with E-state index in [1.54, 1.807) is 6.07 Å². The highest BCUT2D eigenvalue weighted by Crippen LogP contribution is 2.26. The Morgan fingerprint density at radius 1 is 1.53 bits per heavy atom. The second-order valence-corrected chi connectivity index (χ2v) is 3.64. The summed E-state index contributed by atoms with van der Waals surface area (Å²) in [6, 6.07) is 7.39. The average molecular weight is 228 g/mol. The van der Waals surface area contributed by atoms with Gasteiger partial charge in [0.2, 0.25) is 0 Å². The lowest BCUT2D eigenvalue weighted by Gasteiger charge is -2.14. The molecule has 3 nitrogen and oxygen atoms in total. The number of nitrogens with two attached hydrogens (primary N) is 1. The van der Waals surface area contributed by atoms with Crippen LogP contribution in [-0.4, -0.2) is 19.6 Å². The van der Waals surface area contributed by atoms with Crippen molar-refractivity contribution in [2.45, 2.75) is 12.3 Å². The predicted molar refractivity (Wildman–Crippen MR) is 59.9 cm³/mol. The predicted octanol–water partition coefficient (Wildman–Crippen LogP) is 1.95. The third-order valence-electron chi connectivity index (χ3n) is 2.27. The van der Waals surface area contributed by atoms with Gasteiger partial charge in [-0.1, -0.05) is 29.8 Å². The zero-order valence-electron chi connectivity index (χ0n) is 8.57. The molecular formula is C11H14ClNO2. The van der Waals surface area contributed by atoms with E-state index in [0.29, 0.717) is 11.6 Å². The SMILES string of the molecule is COC(=O)CC(CN)c1ccccc1Cl. The maximum absolute atomic E-state index is 11.1. The van der Waals surface area contributed by atoms with Crippen LogP contribution in [0.1, 0.15) is 17.9 Å². The largest absolute Gasteiger partial charge is 0.469 e. The number of halogens is 1. The zero-order chi connectivity index (χ0) is 11.3. The number of carbonyl (C=O) groups is 1. The van der Waals surface area contributed by atoms with Crippen LogP contribution in [0.2, 0.25) is 5.02 Å². The van der Waals surface area contributed by atoms with Crippen molar-refractivity contribution in [3.8, 4) is 0 Å². The summed E-state index contributed by atoms with van der Waals surface area (Å²) in [5.74, 6) is -0.350. The van der Waals surface area contributed by atoms with Crippen LogP contribution in [-0.2, 0) is 9.53 Å². The van der Waals surface area contributed by atoms with Gasteiger partial charge in [0.25, 0.3) is 0 Å². The maximum atomic E-state index is 11.1. The van der Waals surface area contributed by atoms with Crippen molar-refractivity contribution in [2.75, 3.05) is 13.7 Å². The third kappa shape index (κ3) is 3.22. The van der Waals surface area contributed by atoms with E-state index in [-0.39, 0.29) is 18.3 Å². The summed E-state index contributed by atoms with van der Waals surface area (Å²) in [4.78, 5) is 11.1. The molecule has 0 heterocycles. The highest BCUT2D eigenvalue weighted by Gasteiger charge is 2.16. The Bertz CT molecular complexity index is 341. The van der Waals surface area contributed by atoms with Gasteiger partial charge in [0.15, 0.2) is 0 Å². The number of carbonyl (C=O) groups excluding carboxylic acids is 1. The van der Waals surface area contributed by atoms with Crippen molar-refractivity contribution in [1.82, 2.24) is 0 Å². The summed E-state index contributed by atoms with van der Waals surface area (Å²) in [7, 11) is 1.36. The van der Waals surface area contributed by atoms with Gasteiger partial charge in [-0.05, 0) is 18.2 Å². The van der Waals surface area contributed by atoms with Gasteiger partial charge in [0.1, 0.15) is 0 Å². The number of rotatable bonds is 4. The summed E-state index contributed by atoms with van der Waals surface area (Å²) in [5.41, 5.74) is 6.51. The molecule has 1 rings (SSSR count). The van der Waals surface area contributed by atoms with E-state index in [9.17, 15) is 4.79 Å². The number of esters is 1. The first-order chi connectivity index (χ1) is 7.19. The fourth-order valence-electron chi connectivity index (χ4n) is 1.41. The van der Waals surface area contributed by atoms with Crippen LogP contribution in [0.3, 0.4) is 0 Å². The maximum Gasteiger partial charge on any atom is 0.306 e. The van der Waals surface area contributed by atoms with Crippen LogP contribution < -0.4 is 5.73 Å². The van der Waals surface area contributed by atoms with Crippen molar-refractivity contribution < 1.29 is 9.53 Å². The molecule has 0 amide bonds. The van der Waals surface area contributed by atoms with Gasteiger partial charge in [-0.25, -0.2) is 0 Å². The Hall–Kier alpha value is -1.06. The molecule has 82 valence electrons. The second-order valence-electron chi connectivity index (χ2n) is 3.23. The standard InChI is InChI=1S/C11H14ClNO2/c1-15-11(14)6-8(7-13)9-4-2-3-5-10(9)12/h2-5,8H,6-7,13H2,1H3. The minimum Gasteiger partial charge on any atom is -0.469 e. The number of methoxy groups -OCH3 is 1. The van der Waals surface area contributed by atoms with E-state index < -0.39 is 0 Å². The molecule has 0 radical (unpaired) electrons. The van der Waals surface area contributed by atoms with Crippen molar-refractivity contribution in [2.24, 2.45) is 5.73 Å². The molecule has 0 aliphatic heterocycles. The van der Waals surface area contributed by atoms with Gasteiger partial charge < -0.3 is 10.5 Å². The molecule has 0 saturated heterocycles. The van der Waals surface area contributed by atoms with Gasteiger partial charge >= 0.3 is 5.97 Å². The van der Waals surface area contributed by atoms with Crippen molar-refractivity contribution in [3.63, 3.8) is 0 Å². The lowest BCUT2D eigenvalue weighted by Crippen LogP contribution is -2.17. The first kappa shape index (κ1) is 12.0. The van der Waals surface area contributed by atoms with E-state index >= 15 is 0 Å². The Kier molecular flexibility index (Phi) is 4.59. The Labute approximate surface area is 94.2 Å². The van der Waals surface area contributed by atoms with Gasteiger partial charge in [-0.2, -0.15) is 0 Å². The molecule has 1 unspecified atom stereocenters. The Balaban J connectivity index is 2.83. The molecule has 0 spiro atoms. The Morgan fingerprint density at radius 3 is 2.73 bits per heavy atom. The van der Waals surface area contributed by atoms with E-state index in [0.717, 1.165) is 5.56 Å². The van der Waals surface area contributed by atoms with Gasteiger partial charge in [0, 0.05) is 10.9 Å². The molecule has 0 aliphatic rings. The monoisotopic (exact) mass is 227 g/mol. The van der Waals surface area contributed by atoms with Crippen LogP contribution in [0.15, 0.2) is 24.3 Å².